The molecule has 0 unspecified atom stereocenters. The molecule has 102 valence electrons. The van der Waals surface area contributed by atoms with Crippen molar-refractivity contribution in [2.75, 3.05) is 0 Å². The maximum absolute atomic E-state index is 13.2. The number of aryl methyl sites for hydroxylation is 1. The second kappa shape index (κ2) is 5.17. The van der Waals surface area contributed by atoms with Crippen molar-refractivity contribution in [1.29, 1.82) is 0 Å². The number of fused-ring (bicyclic) bond motifs is 1. The summed E-state index contributed by atoms with van der Waals surface area (Å²) in [6.07, 6.45) is 4.38. The topological polar surface area (TPSA) is 34.9 Å². The quantitative estimate of drug-likeness (QED) is 0.683. The van der Waals surface area contributed by atoms with Gasteiger partial charge in [0.25, 0.3) is 0 Å². The van der Waals surface area contributed by atoms with Gasteiger partial charge in [-0.3, -0.25) is 4.79 Å². The summed E-state index contributed by atoms with van der Waals surface area (Å²) in [4.78, 5) is 17.2. The Hall–Kier alpha value is -2.01. The van der Waals surface area contributed by atoms with Gasteiger partial charge < -0.3 is 4.57 Å². The SMILES string of the molecule is CCCn1ccnc1C(=O)c1cc2ccc(F)cc2s1. The molecular formula is C15H13FN2OS. The minimum Gasteiger partial charge on any atom is -0.328 e. The fourth-order valence-corrected chi connectivity index (χ4v) is 3.19. The highest BCUT2D eigenvalue weighted by Crippen LogP contribution is 2.27. The van der Waals surface area contributed by atoms with Gasteiger partial charge in [-0.1, -0.05) is 13.0 Å². The highest BCUT2D eigenvalue weighted by molar-refractivity contribution is 7.21. The number of hydrogen-bond acceptors (Lipinski definition) is 3. The van der Waals surface area contributed by atoms with E-state index in [1.54, 1.807) is 18.3 Å². The average molecular weight is 288 g/mol. The molecule has 0 atom stereocenters. The second-order valence-corrected chi connectivity index (χ2v) is 5.65. The van der Waals surface area contributed by atoms with E-state index in [4.69, 9.17) is 0 Å². The molecule has 3 aromatic rings. The van der Waals surface area contributed by atoms with E-state index in [0.717, 1.165) is 23.1 Å². The first-order chi connectivity index (χ1) is 9.69. The van der Waals surface area contributed by atoms with Crippen molar-refractivity contribution in [2.24, 2.45) is 0 Å². The predicted octanol–water partition coefficient (Wildman–Crippen LogP) is 3.88. The standard InChI is InChI=1S/C15H13FN2OS/c1-2-6-18-7-5-17-15(18)14(19)13-8-10-3-4-11(16)9-12(10)20-13/h3-5,7-9H,2,6H2,1H3. The number of nitrogens with zero attached hydrogens (tertiary/aromatic N) is 2. The third-order valence-electron chi connectivity index (χ3n) is 3.09. The van der Waals surface area contributed by atoms with Gasteiger partial charge in [-0.15, -0.1) is 11.3 Å². The van der Waals surface area contributed by atoms with Crippen LogP contribution in [0.25, 0.3) is 10.1 Å². The van der Waals surface area contributed by atoms with E-state index in [-0.39, 0.29) is 11.6 Å². The Balaban J connectivity index is 2.01. The fourth-order valence-electron chi connectivity index (χ4n) is 2.17. The molecule has 0 aliphatic rings. The Morgan fingerprint density at radius 2 is 2.25 bits per heavy atom. The van der Waals surface area contributed by atoms with Gasteiger partial charge in [-0.25, -0.2) is 9.37 Å². The van der Waals surface area contributed by atoms with Crippen molar-refractivity contribution in [3.05, 3.63) is 53.2 Å². The van der Waals surface area contributed by atoms with E-state index < -0.39 is 0 Å². The molecule has 0 fully saturated rings. The summed E-state index contributed by atoms with van der Waals surface area (Å²) < 4.78 is 15.8. The van der Waals surface area contributed by atoms with Crippen LogP contribution in [0, 0.1) is 5.82 Å². The molecule has 20 heavy (non-hydrogen) atoms. The molecule has 0 saturated heterocycles. The lowest BCUT2D eigenvalue weighted by Crippen LogP contribution is -2.09. The Bertz CT molecular complexity index is 775. The Morgan fingerprint density at radius 3 is 3.05 bits per heavy atom. The second-order valence-electron chi connectivity index (χ2n) is 4.57. The molecule has 0 bridgehead atoms. The Kier molecular flexibility index (Phi) is 3.36. The molecule has 0 aliphatic carbocycles. The molecule has 3 nitrogen and oxygen atoms in total. The van der Waals surface area contributed by atoms with Crippen molar-refractivity contribution < 1.29 is 9.18 Å². The monoisotopic (exact) mass is 288 g/mol. The third-order valence-corrected chi connectivity index (χ3v) is 4.19. The molecular weight excluding hydrogens is 275 g/mol. The molecule has 2 aromatic heterocycles. The van der Waals surface area contributed by atoms with E-state index in [0.29, 0.717) is 10.7 Å². The first-order valence-corrected chi connectivity index (χ1v) is 7.25. The number of ketones is 1. The van der Waals surface area contributed by atoms with Gasteiger partial charge in [0.2, 0.25) is 5.78 Å². The zero-order chi connectivity index (χ0) is 14.1. The zero-order valence-corrected chi connectivity index (χ0v) is 11.8. The van der Waals surface area contributed by atoms with Crippen LogP contribution >= 0.6 is 11.3 Å². The van der Waals surface area contributed by atoms with Crippen LogP contribution in [0.5, 0.6) is 0 Å². The lowest BCUT2D eigenvalue weighted by molar-refractivity contribution is 0.102. The van der Waals surface area contributed by atoms with Gasteiger partial charge >= 0.3 is 0 Å². The van der Waals surface area contributed by atoms with Crippen LogP contribution in [0.1, 0.15) is 28.8 Å². The van der Waals surface area contributed by atoms with Crippen LogP contribution in [0.15, 0.2) is 36.7 Å². The number of thiophene rings is 1. The molecule has 2 heterocycles. The van der Waals surface area contributed by atoms with Crippen molar-refractivity contribution in [3.63, 3.8) is 0 Å². The molecule has 5 heteroatoms. The lowest BCUT2D eigenvalue weighted by atomic mass is 10.2. The number of halogens is 1. The molecule has 0 radical (unpaired) electrons. The summed E-state index contributed by atoms with van der Waals surface area (Å²) in [7, 11) is 0. The highest BCUT2D eigenvalue weighted by atomic mass is 32.1. The highest BCUT2D eigenvalue weighted by Gasteiger charge is 2.17. The van der Waals surface area contributed by atoms with Gasteiger partial charge in [0.15, 0.2) is 5.82 Å². The number of rotatable bonds is 4. The molecule has 0 amide bonds. The van der Waals surface area contributed by atoms with Crippen LogP contribution in [0.4, 0.5) is 4.39 Å². The van der Waals surface area contributed by atoms with E-state index in [9.17, 15) is 9.18 Å². The van der Waals surface area contributed by atoms with Crippen molar-refractivity contribution in [1.82, 2.24) is 9.55 Å². The smallest absolute Gasteiger partial charge is 0.238 e. The van der Waals surface area contributed by atoms with Crippen molar-refractivity contribution in [3.8, 4) is 0 Å². The minimum absolute atomic E-state index is 0.106. The predicted molar refractivity (Wildman–Crippen MR) is 77.7 cm³/mol. The van der Waals surface area contributed by atoms with Gasteiger partial charge in [0, 0.05) is 23.6 Å². The number of carbonyl (C=O) groups excluding carboxylic acids is 1. The molecule has 0 N–H and O–H groups in total. The zero-order valence-electron chi connectivity index (χ0n) is 11.0. The van der Waals surface area contributed by atoms with Crippen LogP contribution < -0.4 is 0 Å². The molecule has 0 spiro atoms. The lowest BCUT2D eigenvalue weighted by Gasteiger charge is -2.03. The largest absolute Gasteiger partial charge is 0.328 e. The summed E-state index contributed by atoms with van der Waals surface area (Å²) in [5.74, 6) is 0.0507. The van der Waals surface area contributed by atoms with Crippen LogP contribution in [-0.2, 0) is 6.54 Å². The molecule has 0 saturated carbocycles. The van der Waals surface area contributed by atoms with E-state index in [2.05, 4.69) is 11.9 Å². The van der Waals surface area contributed by atoms with Crippen LogP contribution in [0.3, 0.4) is 0 Å². The number of hydrogen-bond donors (Lipinski definition) is 0. The minimum atomic E-state index is -0.286. The normalized spacial score (nSPS) is 11.1. The third kappa shape index (κ3) is 2.25. The Morgan fingerprint density at radius 1 is 1.40 bits per heavy atom. The number of aromatic nitrogens is 2. The van der Waals surface area contributed by atoms with Gasteiger partial charge in [-0.05, 0) is 30.0 Å². The van der Waals surface area contributed by atoms with E-state index in [1.165, 1.54) is 23.5 Å². The maximum atomic E-state index is 13.2. The fraction of sp³-hybridized carbons (Fsp3) is 0.200. The number of imidazole rings is 1. The maximum Gasteiger partial charge on any atom is 0.238 e. The molecule has 0 aliphatic heterocycles. The first kappa shape index (κ1) is 13.0. The molecule has 1 aromatic carbocycles. The number of benzene rings is 1. The summed E-state index contributed by atoms with van der Waals surface area (Å²) >= 11 is 1.30. The van der Waals surface area contributed by atoms with E-state index >= 15 is 0 Å². The van der Waals surface area contributed by atoms with Gasteiger partial charge in [0.05, 0.1) is 4.88 Å². The van der Waals surface area contributed by atoms with Crippen LogP contribution in [0.2, 0.25) is 0 Å². The summed E-state index contributed by atoms with van der Waals surface area (Å²) in [5, 5.41) is 0.883. The average Bonchev–Trinajstić information content (AvgIpc) is 3.04. The number of carbonyl (C=O) groups is 1. The molecule has 3 rings (SSSR count). The van der Waals surface area contributed by atoms with E-state index in [1.807, 2.05) is 10.8 Å². The van der Waals surface area contributed by atoms with Gasteiger partial charge in [0.1, 0.15) is 5.82 Å². The summed E-state index contributed by atoms with van der Waals surface area (Å²) in [6, 6.07) is 6.35. The van der Waals surface area contributed by atoms with Crippen molar-refractivity contribution >= 4 is 27.2 Å². The summed E-state index contributed by atoms with van der Waals surface area (Å²) in [5.41, 5.74) is 0. The van der Waals surface area contributed by atoms with Crippen molar-refractivity contribution in [2.45, 2.75) is 19.9 Å². The first-order valence-electron chi connectivity index (χ1n) is 6.44. The Labute approximate surface area is 119 Å². The van der Waals surface area contributed by atoms with Crippen LogP contribution in [-0.4, -0.2) is 15.3 Å². The van der Waals surface area contributed by atoms with Gasteiger partial charge in [-0.2, -0.15) is 0 Å². The summed E-state index contributed by atoms with van der Waals surface area (Å²) in [6.45, 7) is 2.82.